The molecule has 0 amide bonds. The fraction of sp³-hybridized carbons (Fsp3) is 0.222. The van der Waals surface area contributed by atoms with Gasteiger partial charge in [-0.05, 0) is 53.3 Å². The summed E-state index contributed by atoms with van der Waals surface area (Å²) in [5, 5.41) is 12.4. The maximum atomic E-state index is 12.3. The van der Waals surface area contributed by atoms with Crippen LogP contribution in [0.3, 0.4) is 0 Å². The highest BCUT2D eigenvalue weighted by atomic mass is 127. The van der Waals surface area contributed by atoms with Crippen molar-refractivity contribution in [1.29, 1.82) is 0 Å². The fourth-order valence-corrected chi connectivity index (χ4v) is 3.38. The van der Waals surface area contributed by atoms with Crippen molar-refractivity contribution in [1.82, 2.24) is 0 Å². The predicted molar refractivity (Wildman–Crippen MR) is 98.0 cm³/mol. The van der Waals surface area contributed by atoms with Gasteiger partial charge >= 0.3 is 11.9 Å². The zero-order chi connectivity index (χ0) is 17.3. The number of halogens is 1. The minimum absolute atomic E-state index is 0.142. The number of rotatable bonds is 4. The van der Waals surface area contributed by atoms with E-state index in [2.05, 4.69) is 27.9 Å². The van der Waals surface area contributed by atoms with E-state index in [1.54, 1.807) is 18.2 Å². The molecule has 0 aliphatic carbocycles. The fourth-order valence-electron chi connectivity index (χ4n) is 2.89. The van der Waals surface area contributed by atoms with Gasteiger partial charge in [0.25, 0.3) is 0 Å². The summed E-state index contributed by atoms with van der Waals surface area (Å²) in [5.74, 6) is -1.41. The molecular weight excluding hydrogens is 421 g/mol. The third-order valence-corrected chi connectivity index (χ3v) is 4.80. The first-order valence-corrected chi connectivity index (χ1v) is 8.55. The monoisotopic (exact) mass is 437 g/mol. The van der Waals surface area contributed by atoms with E-state index in [0.29, 0.717) is 12.1 Å². The molecule has 0 radical (unpaired) electrons. The Morgan fingerprint density at radius 2 is 2.00 bits per heavy atom. The van der Waals surface area contributed by atoms with Crippen molar-refractivity contribution in [2.45, 2.75) is 25.0 Å². The van der Waals surface area contributed by atoms with E-state index in [-0.39, 0.29) is 11.5 Å². The number of esters is 1. The summed E-state index contributed by atoms with van der Waals surface area (Å²) in [4.78, 5) is 23.7. The number of anilines is 1. The third-order valence-electron chi connectivity index (χ3n) is 4.13. The lowest BCUT2D eigenvalue weighted by Gasteiger charge is -2.23. The minimum atomic E-state index is -1.03. The van der Waals surface area contributed by atoms with Gasteiger partial charge in [-0.3, -0.25) is 0 Å². The summed E-state index contributed by atoms with van der Waals surface area (Å²) in [5.41, 5.74) is 0.761. The summed E-state index contributed by atoms with van der Waals surface area (Å²) in [6, 6.07) is 14.0. The van der Waals surface area contributed by atoms with Crippen LogP contribution < -0.4 is 5.32 Å². The van der Waals surface area contributed by atoms with Gasteiger partial charge in [0.05, 0.1) is 5.56 Å². The Bertz CT molecular complexity index is 793. The Morgan fingerprint density at radius 3 is 2.67 bits per heavy atom. The number of carbonyl (C=O) groups is 2. The van der Waals surface area contributed by atoms with E-state index in [0.717, 1.165) is 9.13 Å². The van der Waals surface area contributed by atoms with Crippen LogP contribution in [-0.4, -0.2) is 23.1 Å². The molecule has 2 N–H and O–H groups in total. The molecule has 3 rings (SSSR count). The van der Waals surface area contributed by atoms with Crippen molar-refractivity contribution in [3.05, 3.63) is 63.2 Å². The number of aromatic carboxylic acids is 1. The average Bonchev–Trinajstić information content (AvgIpc) is 2.85. The van der Waals surface area contributed by atoms with Gasteiger partial charge in [-0.25, -0.2) is 9.59 Å². The zero-order valence-corrected chi connectivity index (χ0v) is 15.1. The molecule has 1 aliphatic heterocycles. The lowest BCUT2D eigenvalue weighted by Crippen LogP contribution is -2.26. The van der Waals surface area contributed by atoms with Crippen LogP contribution in [0.15, 0.2) is 48.5 Å². The van der Waals surface area contributed by atoms with Crippen LogP contribution in [0, 0.1) is 3.57 Å². The smallest absolute Gasteiger partial charge is 0.337 e. The summed E-state index contributed by atoms with van der Waals surface area (Å²) in [6.45, 7) is 1.87. The number of benzene rings is 2. The lowest BCUT2D eigenvalue weighted by molar-refractivity contribution is -0.148. The van der Waals surface area contributed by atoms with Gasteiger partial charge in [0.1, 0.15) is 11.6 Å². The Balaban J connectivity index is 1.85. The summed E-state index contributed by atoms with van der Waals surface area (Å²) in [6.07, 6.45) is 0.431. The third kappa shape index (κ3) is 3.24. The Morgan fingerprint density at radius 1 is 1.29 bits per heavy atom. The first-order chi connectivity index (χ1) is 11.4. The van der Waals surface area contributed by atoms with Crippen molar-refractivity contribution in [3.8, 4) is 0 Å². The SMILES string of the molecule is C[C@@]1(c2ccccc2)C[C@@H](Nc2ccc(I)cc2C(=O)O)C(=O)O1. The maximum Gasteiger partial charge on any atom is 0.337 e. The number of cyclic esters (lactones) is 1. The highest BCUT2D eigenvalue weighted by Gasteiger charge is 2.44. The van der Waals surface area contributed by atoms with E-state index in [1.165, 1.54) is 0 Å². The molecule has 124 valence electrons. The number of ether oxygens (including phenoxy) is 1. The number of carboxylic acids is 1. The molecule has 2 atom stereocenters. The highest BCUT2D eigenvalue weighted by molar-refractivity contribution is 14.1. The van der Waals surface area contributed by atoms with Gasteiger partial charge in [0.2, 0.25) is 0 Å². The number of carbonyl (C=O) groups excluding carboxylic acids is 1. The second-order valence-corrected chi connectivity index (χ2v) is 7.16. The minimum Gasteiger partial charge on any atom is -0.478 e. The Kier molecular flexibility index (Phi) is 4.49. The van der Waals surface area contributed by atoms with Crippen molar-refractivity contribution in [2.24, 2.45) is 0 Å². The van der Waals surface area contributed by atoms with Crippen LogP contribution in [0.5, 0.6) is 0 Å². The van der Waals surface area contributed by atoms with Crippen LogP contribution in [0.25, 0.3) is 0 Å². The predicted octanol–water partition coefficient (Wildman–Crippen LogP) is 3.63. The molecule has 24 heavy (non-hydrogen) atoms. The topological polar surface area (TPSA) is 75.6 Å². The van der Waals surface area contributed by atoms with Gasteiger partial charge in [0.15, 0.2) is 0 Å². The standard InChI is InChI=1S/C18H16INO4/c1-18(11-5-3-2-4-6-11)10-15(17(23)24-18)20-14-8-7-12(19)9-13(14)16(21)22/h2-9,15,20H,10H2,1H3,(H,21,22)/t15-,18+/m1/s1. The molecule has 0 aromatic heterocycles. The van der Waals surface area contributed by atoms with Crippen LogP contribution in [0.2, 0.25) is 0 Å². The molecule has 0 spiro atoms. The molecule has 0 bridgehead atoms. The number of hydrogen-bond donors (Lipinski definition) is 2. The molecular formula is C18H16INO4. The van der Waals surface area contributed by atoms with Crippen LogP contribution >= 0.6 is 22.6 Å². The van der Waals surface area contributed by atoms with Crippen LogP contribution in [-0.2, 0) is 15.1 Å². The summed E-state index contributed by atoms with van der Waals surface area (Å²) >= 11 is 2.05. The quantitative estimate of drug-likeness (QED) is 0.565. The van der Waals surface area contributed by atoms with Gasteiger partial charge < -0.3 is 15.2 Å². The Labute approximate surface area is 153 Å². The zero-order valence-electron chi connectivity index (χ0n) is 13.0. The molecule has 1 saturated heterocycles. The Hall–Kier alpha value is -2.09. The van der Waals surface area contributed by atoms with Gasteiger partial charge in [-0.15, -0.1) is 0 Å². The van der Waals surface area contributed by atoms with E-state index in [1.807, 2.05) is 37.3 Å². The molecule has 1 fully saturated rings. The molecule has 0 saturated carbocycles. The first-order valence-electron chi connectivity index (χ1n) is 7.47. The van der Waals surface area contributed by atoms with Crippen molar-refractivity contribution in [2.75, 3.05) is 5.32 Å². The van der Waals surface area contributed by atoms with Crippen molar-refractivity contribution < 1.29 is 19.4 Å². The summed E-state index contributed by atoms with van der Waals surface area (Å²) < 4.78 is 6.41. The van der Waals surface area contributed by atoms with Crippen molar-refractivity contribution >= 4 is 40.2 Å². The van der Waals surface area contributed by atoms with E-state index >= 15 is 0 Å². The summed E-state index contributed by atoms with van der Waals surface area (Å²) in [7, 11) is 0. The maximum absolute atomic E-state index is 12.3. The van der Waals surface area contributed by atoms with E-state index < -0.39 is 17.6 Å². The first kappa shape index (κ1) is 16.8. The lowest BCUT2D eigenvalue weighted by atomic mass is 9.91. The molecule has 2 aromatic carbocycles. The second-order valence-electron chi connectivity index (χ2n) is 5.91. The van der Waals surface area contributed by atoms with Crippen molar-refractivity contribution in [3.63, 3.8) is 0 Å². The molecule has 1 aliphatic rings. The largest absolute Gasteiger partial charge is 0.478 e. The highest BCUT2D eigenvalue weighted by Crippen LogP contribution is 2.37. The normalized spacial score (nSPS) is 22.9. The molecule has 5 nitrogen and oxygen atoms in total. The van der Waals surface area contributed by atoms with Gasteiger partial charge in [-0.2, -0.15) is 0 Å². The van der Waals surface area contributed by atoms with E-state index in [9.17, 15) is 14.7 Å². The molecule has 6 heteroatoms. The number of hydrogen-bond acceptors (Lipinski definition) is 4. The number of carboxylic acid groups (broad SMARTS) is 1. The van der Waals surface area contributed by atoms with Gasteiger partial charge in [0, 0.05) is 15.7 Å². The molecule has 1 heterocycles. The van der Waals surface area contributed by atoms with Crippen LogP contribution in [0.1, 0.15) is 29.3 Å². The second kappa shape index (κ2) is 6.43. The number of nitrogens with one attached hydrogen (secondary N) is 1. The van der Waals surface area contributed by atoms with Crippen LogP contribution in [0.4, 0.5) is 5.69 Å². The van der Waals surface area contributed by atoms with Gasteiger partial charge in [-0.1, -0.05) is 30.3 Å². The average molecular weight is 437 g/mol. The van der Waals surface area contributed by atoms with E-state index in [4.69, 9.17) is 4.74 Å². The molecule has 0 unspecified atom stereocenters. The molecule has 2 aromatic rings.